The van der Waals surface area contributed by atoms with Gasteiger partial charge < -0.3 is 14.4 Å². The van der Waals surface area contributed by atoms with Gasteiger partial charge in [0.1, 0.15) is 5.75 Å². The molecule has 154 valence electrons. The summed E-state index contributed by atoms with van der Waals surface area (Å²) in [5, 5.41) is 0. The van der Waals surface area contributed by atoms with Crippen LogP contribution in [0.1, 0.15) is 40.1 Å². The van der Waals surface area contributed by atoms with Crippen LogP contribution < -0.4 is 9.64 Å². The highest BCUT2D eigenvalue weighted by atomic mass is 16.5. The van der Waals surface area contributed by atoms with Crippen LogP contribution in [-0.4, -0.2) is 30.1 Å². The van der Waals surface area contributed by atoms with Crippen molar-refractivity contribution < 1.29 is 19.1 Å². The Morgan fingerprint density at radius 3 is 2.40 bits per heavy atom. The molecule has 0 aliphatic heterocycles. The smallest absolute Gasteiger partial charge is 0.338 e. The number of carbonyl (C=O) groups is 2. The van der Waals surface area contributed by atoms with E-state index in [1.807, 2.05) is 25.1 Å². The number of rotatable bonds is 8. The van der Waals surface area contributed by atoms with E-state index < -0.39 is 5.97 Å². The molecule has 6 heteroatoms. The van der Waals surface area contributed by atoms with Crippen molar-refractivity contribution in [1.29, 1.82) is 0 Å². The molecule has 1 amide bonds. The number of hydrogen-bond donors (Lipinski definition) is 0. The van der Waals surface area contributed by atoms with Gasteiger partial charge in [-0.3, -0.25) is 9.78 Å². The van der Waals surface area contributed by atoms with E-state index in [-0.39, 0.29) is 5.91 Å². The third-order valence-corrected chi connectivity index (χ3v) is 4.39. The van der Waals surface area contributed by atoms with Gasteiger partial charge in [0, 0.05) is 23.6 Å². The molecule has 0 N–H and O–H groups in total. The average Bonchev–Trinajstić information content (AvgIpc) is 2.78. The van der Waals surface area contributed by atoms with Crippen LogP contribution in [0.25, 0.3) is 0 Å². The van der Waals surface area contributed by atoms with Crippen molar-refractivity contribution in [2.24, 2.45) is 0 Å². The van der Waals surface area contributed by atoms with Crippen molar-refractivity contribution in [3.63, 3.8) is 0 Å². The van der Waals surface area contributed by atoms with Crippen molar-refractivity contribution in [2.75, 3.05) is 18.1 Å². The second-order valence-corrected chi connectivity index (χ2v) is 6.48. The first-order valence-corrected chi connectivity index (χ1v) is 9.83. The van der Waals surface area contributed by atoms with Gasteiger partial charge in [0.15, 0.2) is 0 Å². The van der Waals surface area contributed by atoms with Gasteiger partial charge in [-0.05, 0) is 67.9 Å². The van der Waals surface area contributed by atoms with Crippen molar-refractivity contribution in [3.05, 3.63) is 89.7 Å². The highest BCUT2D eigenvalue weighted by Gasteiger charge is 2.20. The molecule has 0 unspecified atom stereocenters. The number of hydrogen-bond acceptors (Lipinski definition) is 5. The molecule has 0 spiro atoms. The molecule has 6 nitrogen and oxygen atoms in total. The largest absolute Gasteiger partial charge is 0.494 e. The number of pyridine rings is 1. The molecule has 1 aromatic heterocycles. The Kier molecular flexibility index (Phi) is 7.16. The summed E-state index contributed by atoms with van der Waals surface area (Å²) in [6.45, 7) is 4.82. The predicted molar refractivity (Wildman–Crippen MR) is 115 cm³/mol. The summed E-state index contributed by atoms with van der Waals surface area (Å²) >= 11 is 0. The number of ether oxygens (including phenoxy) is 2. The lowest BCUT2D eigenvalue weighted by Gasteiger charge is -2.23. The Hall–Kier alpha value is -3.67. The first-order chi connectivity index (χ1) is 14.6. The van der Waals surface area contributed by atoms with Gasteiger partial charge in [0.25, 0.3) is 5.91 Å². The molecule has 3 rings (SSSR count). The lowest BCUT2D eigenvalue weighted by Crippen LogP contribution is -2.30. The number of nitrogens with zero attached hydrogens (tertiary/aromatic N) is 2. The second kappa shape index (κ2) is 10.2. The van der Waals surface area contributed by atoms with E-state index >= 15 is 0 Å². The van der Waals surface area contributed by atoms with Crippen LogP contribution in [0.15, 0.2) is 73.1 Å². The molecule has 0 atom stereocenters. The zero-order valence-corrected chi connectivity index (χ0v) is 17.1. The van der Waals surface area contributed by atoms with Crippen LogP contribution in [-0.2, 0) is 11.3 Å². The van der Waals surface area contributed by atoms with Crippen LogP contribution in [0.5, 0.6) is 5.75 Å². The van der Waals surface area contributed by atoms with Gasteiger partial charge in [-0.1, -0.05) is 12.1 Å². The highest BCUT2D eigenvalue weighted by molar-refractivity contribution is 6.06. The fraction of sp³-hybridized carbons (Fsp3) is 0.208. The van der Waals surface area contributed by atoms with Gasteiger partial charge in [-0.25, -0.2) is 4.79 Å². The van der Waals surface area contributed by atoms with E-state index in [9.17, 15) is 9.59 Å². The SMILES string of the molecule is CCOC(=O)c1ccc(N(Cc2cccnc2)C(=O)c2cccc(OCC)c2)cc1. The second-order valence-electron chi connectivity index (χ2n) is 6.48. The fourth-order valence-electron chi connectivity index (χ4n) is 2.99. The molecule has 2 aromatic carbocycles. The summed E-state index contributed by atoms with van der Waals surface area (Å²) in [6.07, 6.45) is 3.42. The van der Waals surface area contributed by atoms with Crippen molar-refractivity contribution in [3.8, 4) is 5.75 Å². The maximum absolute atomic E-state index is 13.4. The molecule has 0 bridgehead atoms. The molecule has 30 heavy (non-hydrogen) atoms. The van der Waals surface area contributed by atoms with E-state index in [4.69, 9.17) is 9.47 Å². The minimum atomic E-state index is -0.390. The van der Waals surface area contributed by atoms with Crippen LogP contribution in [0.2, 0.25) is 0 Å². The van der Waals surface area contributed by atoms with E-state index in [1.165, 1.54) is 0 Å². The Balaban J connectivity index is 1.93. The quantitative estimate of drug-likeness (QED) is 0.517. The monoisotopic (exact) mass is 404 g/mol. The predicted octanol–water partition coefficient (Wildman–Crippen LogP) is 4.50. The first kappa shape index (κ1) is 21.0. The molecule has 1 heterocycles. The van der Waals surface area contributed by atoms with Crippen molar-refractivity contribution in [2.45, 2.75) is 20.4 Å². The summed E-state index contributed by atoms with van der Waals surface area (Å²) in [7, 11) is 0. The van der Waals surface area contributed by atoms with Crippen molar-refractivity contribution in [1.82, 2.24) is 4.98 Å². The van der Waals surface area contributed by atoms with E-state index in [0.29, 0.717) is 42.3 Å². The number of aromatic nitrogens is 1. The van der Waals surface area contributed by atoms with Crippen LogP contribution in [0.4, 0.5) is 5.69 Å². The van der Waals surface area contributed by atoms with E-state index in [0.717, 1.165) is 5.56 Å². The Morgan fingerprint density at radius 1 is 0.933 bits per heavy atom. The van der Waals surface area contributed by atoms with E-state index in [2.05, 4.69) is 4.98 Å². The Bertz CT molecular complexity index is 988. The molecule has 0 saturated carbocycles. The molecular weight excluding hydrogens is 380 g/mol. The topological polar surface area (TPSA) is 68.7 Å². The van der Waals surface area contributed by atoms with Gasteiger partial charge in [-0.15, -0.1) is 0 Å². The minimum Gasteiger partial charge on any atom is -0.494 e. The maximum Gasteiger partial charge on any atom is 0.338 e. The Labute approximate surface area is 176 Å². The third-order valence-electron chi connectivity index (χ3n) is 4.39. The summed E-state index contributed by atoms with van der Waals surface area (Å²) in [6, 6.07) is 17.7. The fourth-order valence-corrected chi connectivity index (χ4v) is 2.99. The average molecular weight is 404 g/mol. The first-order valence-electron chi connectivity index (χ1n) is 9.83. The lowest BCUT2D eigenvalue weighted by molar-refractivity contribution is 0.0526. The number of carbonyl (C=O) groups excluding carboxylic acids is 2. The zero-order valence-electron chi connectivity index (χ0n) is 17.1. The zero-order chi connectivity index (χ0) is 21.3. The summed E-state index contributed by atoms with van der Waals surface area (Å²) in [5.74, 6) is 0.0743. The molecule has 0 aliphatic carbocycles. The molecule has 0 fully saturated rings. The highest BCUT2D eigenvalue weighted by Crippen LogP contribution is 2.23. The number of anilines is 1. The minimum absolute atomic E-state index is 0.177. The molecule has 0 aliphatic rings. The molecular formula is C24H24N2O4. The molecule has 0 radical (unpaired) electrons. The lowest BCUT2D eigenvalue weighted by atomic mass is 10.1. The van der Waals surface area contributed by atoms with Gasteiger partial charge in [0.05, 0.1) is 25.3 Å². The molecule has 3 aromatic rings. The summed E-state index contributed by atoms with van der Waals surface area (Å²) in [4.78, 5) is 31.1. The van der Waals surface area contributed by atoms with Gasteiger partial charge >= 0.3 is 5.97 Å². The van der Waals surface area contributed by atoms with Gasteiger partial charge in [-0.2, -0.15) is 0 Å². The van der Waals surface area contributed by atoms with Crippen LogP contribution in [0, 0.1) is 0 Å². The standard InChI is InChI=1S/C24H24N2O4/c1-3-29-22-9-5-8-20(15-22)23(27)26(17-18-7-6-14-25-16-18)21-12-10-19(11-13-21)24(28)30-4-2/h5-16H,3-4,17H2,1-2H3. The van der Waals surface area contributed by atoms with Crippen LogP contribution in [0.3, 0.4) is 0 Å². The number of esters is 1. The normalized spacial score (nSPS) is 10.3. The third kappa shape index (κ3) is 5.23. The molecule has 0 saturated heterocycles. The summed E-state index contributed by atoms with van der Waals surface area (Å²) in [5.41, 5.74) is 2.51. The van der Waals surface area contributed by atoms with Crippen molar-refractivity contribution >= 4 is 17.6 Å². The Morgan fingerprint density at radius 2 is 1.73 bits per heavy atom. The van der Waals surface area contributed by atoms with E-state index in [1.54, 1.807) is 66.7 Å². The number of amides is 1. The van der Waals surface area contributed by atoms with Crippen LogP contribution >= 0.6 is 0 Å². The van der Waals surface area contributed by atoms with Gasteiger partial charge in [0.2, 0.25) is 0 Å². The summed E-state index contributed by atoms with van der Waals surface area (Å²) < 4.78 is 10.6. The maximum atomic E-state index is 13.4. The number of benzene rings is 2.